The number of carbonyl (C=O) groups is 1. The molecule has 1 heterocycles. The van der Waals surface area contributed by atoms with Crippen LogP contribution >= 0.6 is 0 Å². The number of rotatable bonds is 13. The Morgan fingerprint density at radius 3 is 1.66 bits per heavy atom. The molecule has 0 saturated carbocycles. The number of anilines is 1. The Bertz CT molecular complexity index is 1790. The van der Waals surface area contributed by atoms with Crippen molar-refractivity contribution in [1.82, 2.24) is 0 Å². The van der Waals surface area contributed by atoms with Crippen LogP contribution in [0.3, 0.4) is 0 Å². The Labute approximate surface area is 235 Å². The summed E-state index contributed by atoms with van der Waals surface area (Å²) in [7, 11) is -17.5. The van der Waals surface area contributed by atoms with E-state index in [1.165, 1.54) is 55.5 Å². The molecule has 0 aromatic heterocycles. The molecule has 224 valence electrons. The molecule has 0 fully saturated rings. The Hall–Kier alpha value is -3.18. The molecular formula is C20H22N4O13S4. The third-order valence-corrected chi connectivity index (χ3v) is 9.51. The Balaban J connectivity index is 1.65. The number of benzene rings is 2. The molecule has 0 radical (unpaired) electrons. The number of sulfone groups is 2. The fourth-order valence-corrected chi connectivity index (χ4v) is 6.22. The molecule has 0 aliphatic carbocycles. The highest BCUT2D eigenvalue weighted by molar-refractivity contribution is 7.91. The molecular weight excluding hydrogens is 633 g/mol. The second-order valence-corrected chi connectivity index (χ2v) is 14.5. The first-order valence-corrected chi connectivity index (χ1v) is 17.1. The molecule has 0 saturated heterocycles. The second-order valence-electron chi connectivity index (χ2n) is 8.13. The summed E-state index contributed by atoms with van der Waals surface area (Å²) in [6.45, 7) is -0.0692. The van der Waals surface area contributed by atoms with Gasteiger partial charge in [-0.3, -0.25) is 13.9 Å². The molecule has 1 aliphatic heterocycles. The second kappa shape index (κ2) is 12.4. The third-order valence-electron chi connectivity index (χ3n) is 5.19. The summed E-state index contributed by atoms with van der Waals surface area (Å²) in [6.07, 6.45) is 0. The van der Waals surface area contributed by atoms with Gasteiger partial charge in [0.1, 0.15) is 0 Å². The zero-order valence-electron chi connectivity index (χ0n) is 20.8. The Morgan fingerprint density at radius 2 is 1.22 bits per heavy atom. The van der Waals surface area contributed by atoms with Gasteiger partial charge in [0, 0.05) is 0 Å². The number of hydrazone groups is 1. The highest BCUT2D eigenvalue weighted by Gasteiger charge is 2.35. The van der Waals surface area contributed by atoms with E-state index in [0.717, 1.165) is 5.01 Å². The lowest BCUT2D eigenvalue weighted by molar-refractivity contribution is -0.117. The Kier molecular flexibility index (Phi) is 9.75. The summed E-state index contributed by atoms with van der Waals surface area (Å²) in [4.78, 5) is 12.5. The topological polar surface area (TPSA) is 253 Å². The summed E-state index contributed by atoms with van der Waals surface area (Å²) in [6, 6.07) is 8.78. The van der Waals surface area contributed by atoms with Gasteiger partial charge in [0.2, 0.25) is 0 Å². The van der Waals surface area contributed by atoms with Crippen molar-refractivity contribution in [3.63, 3.8) is 0 Å². The van der Waals surface area contributed by atoms with Gasteiger partial charge >= 0.3 is 20.8 Å². The predicted octanol–water partition coefficient (Wildman–Crippen LogP) is 0.748. The standard InChI is InChI=1S/C20H22N4O13S4/c1-14-19(22-21-15-2-6-17(7-3-15)38(26,27)12-10-36-40(30,31)32)20(25)24(23-14)16-4-8-18(9-5-16)39(28,29)13-11-37-41(33,34)35/h2-9,19H,10-13H2,1H3,(H,30,31,32)(H,33,34,35). The molecule has 21 heteroatoms. The summed E-state index contributed by atoms with van der Waals surface area (Å²) in [5, 5.41) is 13.0. The SMILES string of the molecule is CC1=NN(c2ccc(S(=O)(=O)CCOS(=O)(=O)O)cc2)C(=O)C1N=Nc1ccc(S(=O)(=O)CCOS(=O)(=O)O)cc1. The first-order chi connectivity index (χ1) is 18.9. The molecule has 0 spiro atoms. The molecule has 0 bridgehead atoms. The van der Waals surface area contributed by atoms with Crippen LogP contribution in [0.2, 0.25) is 0 Å². The van der Waals surface area contributed by atoms with Gasteiger partial charge in [-0.15, -0.1) is 0 Å². The van der Waals surface area contributed by atoms with Gasteiger partial charge in [-0.05, 0) is 55.5 Å². The van der Waals surface area contributed by atoms with Crippen molar-refractivity contribution in [2.24, 2.45) is 15.3 Å². The van der Waals surface area contributed by atoms with Gasteiger partial charge in [-0.25, -0.2) is 25.2 Å². The molecule has 1 aliphatic rings. The van der Waals surface area contributed by atoms with Crippen LogP contribution in [-0.2, 0) is 53.6 Å². The normalized spacial score (nSPS) is 16.9. The van der Waals surface area contributed by atoms with Crippen molar-refractivity contribution in [1.29, 1.82) is 0 Å². The van der Waals surface area contributed by atoms with Crippen molar-refractivity contribution in [3.05, 3.63) is 48.5 Å². The molecule has 1 amide bonds. The highest BCUT2D eigenvalue weighted by atomic mass is 32.3. The number of amides is 1. The largest absolute Gasteiger partial charge is 0.397 e. The lowest BCUT2D eigenvalue weighted by atomic mass is 10.2. The van der Waals surface area contributed by atoms with E-state index >= 15 is 0 Å². The van der Waals surface area contributed by atoms with Gasteiger partial charge in [0.25, 0.3) is 5.91 Å². The maximum absolute atomic E-state index is 12.9. The van der Waals surface area contributed by atoms with E-state index in [1.54, 1.807) is 0 Å². The van der Waals surface area contributed by atoms with Gasteiger partial charge in [0.05, 0.1) is 51.6 Å². The lowest BCUT2D eigenvalue weighted by Crippen LogP contribution is -2.29. The van der Waals surface area contributed by atoms with Gasteiger partial charge in [0.15, 0.2) is 25.7 Å². The molecule has 41 heavy (non-hydrogen) atoms. The number of carbonyl (C=O) groups excluding carboxylic acids is 1. The third kappa shape index (κ3) is 9.16. The fourth-order valence-electron chi connectivity index (χ4n) is 3.25. The summed E-state index contributed by atoms with van der Waals surface area (Å²) >= 11 is 0. The quantitative estimate of drug-likeness (QED) is 0.224. The van der Waals surface area contributed by atoms with Crippen LogP contribution in [-0.4, -0.2) is 85.2 Å². The van der Waals surface area contributed by atoms with E-state index in [1.807, 2.05) is 0 Å². The molecule has 17 nitrogen and oxygen atoms in total. The monoisotopic (exact) mass is 654 g/mol. The number of hydrogen-bond donors (Lipinski definition) is 2. The molecule has 2 N–H and O–H groups in total. The Morgan fingerprint density at radius 1 is 0.780 bits per heavy atom. The van der Waals surface area contributed by atoms with Gasteiger partial charge in [-0.1, -0.05) is 0 Å². The van der Waals surface area contributed by atoms with E-state index in [-0.39, 0.29) is 26.9 Å². The summed E-state index contributed by atoms with van der Waals surface area (Å²) < 4.78 is 117. The van der Waals surface area contributed by atoms with Gasteiger partial charge in [-0.2, -0.15) is 37.2 Å². The van der Waals surface area contributed by atoms with Crippen molar-refractivity contribution < 1.29 is 55.9 Å². The highest BCUT2D eigenvalue weighted by Crippen LogP contribution is 2.26. The van der Waals surface area contributed by atoms with E-state index in [4.69, 9.17) is 9.11 Å². The zero-order valence-corrected chi connectivity index (χ0v) is 24.1. The van der Waals surface area contributed by atoms with Gasteiger partial charge < -0.3 is 0 Å². The van der Waals surface area contributed by atoms with Crippen molar-refractivity contribution in [2.75, 3.05) is 29.7 Å². The molecule has 2 aromatic carbocycles. The minimum Gasteiger partial charge on any atom is -0.269 e. The molecule has 3 rings (SSSR count). The molecule has 1 unspecified atom stereocenters. The number of azo groups is 1. The first kappa shape index (κ1) is 32.3. The van der Waals surface area contributed by atoms with E-state index in [9.17, 15) is 38.5 Å². The maximum Gasteiger partial charge on any atom is 0.397 e. The van der Waals surface area contributed by atoms with Crippen molar-refractivity contribution in [3.8, 4) is 0 Å². The minimum atomic E-state index is -4.79. The summed E-state index contributed by atoms with van der Waals surface area (Å²) in [5.41, 5.74) is 0.647. The van der Waals surface area contributed by atoms with Crippen LogP contribution in [0.4, 0.5) is 11.4 Å². The van der Waals surface area contributed by atoms with E-state index in [2.05, 4.69) is 23.7 Å². The van der Waals surface area contributed by atoms with E-state index < -0.39 is 77.1 Å². The smallest absolute Gasteiger partial charge is 0.269 e. The first-order valence-electron chi connectivity index (χ1n) is 11.1. The van der Waals surface area contributed by atoms with Crippen LogP contribution in [0.5, 0.6) is 0 Å². The molecule has 2 aromatic rings. The predicted molar refractivity (Wildman–Crippen MR) is 141 cm³/mol. The molecule has 1 atom stereocenters. The zero-order chi connectivity index (χ0) is 30.6. The average molecular weight is 655 g/mol. The van der Waals surface area contributed by atoms with Crippen LogP contribution in [0.25, 0.3) is 0 Å². The van der Waals surface area contributed by atoms with Crippen LogP contribution in [0.1, 0.15) is 6.92 Å². The number of nitrogens with zero attached hydrogens (tertiary/aromatic N) is 4. The van der Waals surface area contributed by atoms with Crippen molar-refractivity contribution in [2.45, 2.75) is 22.8 Å². The minimum absolute atomic E-state index is 0.173. The van der Waals surface area contributed by atoms with E-state index in [0.29, 0.717) is 0 Å². The number of hydrogen-bond acceptors (Lipinski definition) is 14. The van der Waals surface area contributed by atoms with Crippen LogP contribution in [0.15, 0.2) is 73.7 Å². The maximum atomic E-state index is 12.9. The lowest BCUT2D eigenvalue weighted by Gasteiger charge is -2.13. The fraction of sp³-hybridized carbons (Fsp3) is 0.300. The average Bonchev–Trinajstić information content (AvgIpc) is 3.14. The van der Waals surface area contributed by atoms with Crippen molar-refractivity contribution >= 4 is 63.5 Å². The van der Waals surface area contributed by atoms with Crippen LogP contribution in [0, 0.1) is 0 Å². The van der Waals surface area contributed by atoms with Crippen LogP contribution < -0.4 is 5.01 Å². The summed E-state index contributed by atoms with van der Waals surface area (Å²) in [5.74, 6) is -2.06.